The Morgan fingerprint density at radius 2 is 2.19 bits per heavy atom. The highest BCUT2D eigenvalue weighted by atomic mass is 16.3. The van der Waals surface area contributed by atoms with Gasteiger partial charge >= 0.3 is 0 Å². The predicted molar refractivity (Wildman–Crippen MR) is 79.0 cm³/mol. The second-order valence-electron chi connectivity index (χ2n) is 5.78. The first kappa shape index (κ1) is 13.8. The molecule has 1 aliphatic rings. The lowest BCUT2D eigenvalue weighted by Crippen LogP contribution is -2.34. The van der Waals surface area contributed by atoms with Gasteiger partial charge in [0.15, 0.2) is 0 Å². The molecule has 1 amide bonds. The van der Waals surface area contributed by atoms with Gasteiger partial charge in [-0.1, -0.05) is 38.1 Å². The van der Waals surface area contributed by atoms with Crippen molar-refractivity contribution in [2.45, 2.75) is 38.3 Å². The van der Waals surface area contributed by atoms with Gasteiger partial charge in [-0.2, -0.15) is 5.10 Å². The number of nitrogens with zero attached hydrogens (tertiary/aromatic N) is 1. The molecule has 0 saturated heterocycles. The number of hydrogen-bond donors (Lipinski definition) is 3. The fourth-order valence-corrected chi connectivity index (χ4v) is 2.71. The van der Waals surface area contributed by atoms with Crippen molar-refractivity contribution in [1.29, 1.82) is 0 Å². The van der Waals surface area contributed by atoms with Crippen LogP contribution in [0.1, 0.15) is 53.1 Å². The molecule has 5 nitrogen and oxygen atoms in total. The van der Waals surface area contributed by atoms with Crippen LogP contribution < -0.4 is 5.32 Å². The molecule has 0 aliphatic heterocycles. The van der Waals surface area contributed by atoms with Gasteiger partial charge in [0.1, 0.15) is 5.69 Å². The van der Waals surface area contributed by atoms with Gasteiger partial charge in [-0.25, -0.2) is 0 Å². The van der Waals surface area contributed by atoms with Crippen molar-refractivity contribution in [2.75, 3.05) is 0 Å². The Morgan fingerprint density at radius 3 is 2.90 bits per heavy atom. The first-order valence-electron chi connectivity index (χ1n) is 7.18. The lowest BCUT2D eigenvalue weighted by atomic mass is 10.1. The van der Waals surface area contributed by atoms with E-state index in [2.05, 4.69) is 15.5 Å². The molecule has 1 aromatic carbocycles. The average Bonchev–Trinajstić information content (AvgIpc) is 3.05. The highest BCUT2D eigenvalue weighted by Crippen LogP contribution is 2.31. The third-order valence-electron chi connectivity index (χ3n) is 3.94. The van der Waals surface area contributed by atoms with Crippen LogP contribution in [0, 0.1) is 0 Å². The number of aromatic nitrogens is 2. The van der Waals surface area contributed by atoms with Gasteiger partial charge in [-0.05, 0) is 23.1 Å². The summed E-state index contributed by atoms with van der Waals surface area (Å²) in [6, 6.07) is 9.18. The summed E-state index contributed by atoms with van der Waals surface area (Å²) in [7, 11) is 0. The number of benzene rings is 1. The van der Waals surface area contributed by atoms with E-state index in [-0.39, 0.29) is 17.9 Å². The molecule has 0 radical (unpaired) electrons. The van der Waals surface area contributed by atoms with Crippen molar-refractivity contribution in [1.82, 2.24) is 15.5 Å². The fraction of sp³-hybridized carbons (Fsp3) is 0.375. The first-order chi connectivity index (χ1) is 10.1. The number of amides is 1. The second-order valence-corrected chi connectivity index (χ2v) is 5.78. The van der Waals surface area contributed by atoms with E-state index in [0.29, 0.717) is 12.1 Å². The molecule has 0 fully saturated rings. The molecule has 1 aliphatic carbocycles. The Hall–Kier alpha value is -2.14. The van der Waals surface area contributed by atoms with Crippen molar-refractivity contribution >= 4 is 5.91 Å². The molecule has 21 heavy (non-hydrogen) atoms. The number of fused-ring (bicyclic) bond motifs is 1. The molecule has 0 bridgehead atoms. The van der Waals surface area contributed by atoms with Crippen molar-refractivity contribution in [3.63, 3.8) is 0 Å². The SMILES string of the molecule is CC(C)c1cc(C(=O)N[C@H]2c3ccccc3C[C@H]2O)n[nH]1. The number of carbonyl (C=O) groups is 1. The Balaban J connectivity index is 1.78. The van der Waals surface area contributed by atoms with E-state index in [0.717, 1.165) is 16.8 Å². The summed E-state index contributed by atoms with van der Waals surface area (Å²) >= 11 is 0. The first-order valence-corrected chi connectivity index (χ1v) is 7.18. The zero-order chi connectivity index (χ0) is 15.0. The summed E-state index contributed by atoms with van der Waals surface area (Å²) in [5.41, 5.74) is 3.35. The summed E-state index contributed by atoms with van der Waals surface area (Å²) in [5.74, 6) is 0.0238. The number of nitrogens with one attached hydrogen (secondary N) is 2. The smallest absolute Gasteiger partial charge is 0.272 e. The number of rotatable bonds is 3. The lowest BCUT2D eigenvalue weighted by molar-refractivity contribution is 0.0853. The monoisotopic (exact) mass is 285 g/mol. The second kappa shape index (κ2) is 5.33. The summed E-state index contributed by atoms with van der Waals surface area (Å²) in [5, 5.41) is 19.9. The zero-order valence-corrected chi connectivity index (χ0v) is 12.1. The zero-order valence-electron chi connectivity index (χ0n) is 12.1. The molecule has 2 aromatic rings. The fourth-order valence-electron chi connectivity index (χ4n) is 2.71. The molecule has 1 heterocycles. The van der Waals surface area contributed by atoms with E-state index in [4.69, 9.17) is 0 Å². The van der Waals surface area contributed by atoms with Gasteiger partial charge in [-0.3, -0.25) is 9.89 Å². The highest BCUT2D eigenvalue weighted by Gasteiger charge is 2.32. The minimum Gasteiger partial charge on any atom is -0.390 e. The lowest BCUT2D eigenvalue weighted by Gasteiger charge is -2.17. The molecule has 0 spiro atoms. The van der Waals surface area contributed by atoms with E-state index in [1.807, 2.05) is 38.1 Å². The van der Waals surface area contributed by atoms with E-state index in [1.54, 1.807) is 6.07 Å². The minimum absolute atomic E-state index is 0.265. The van der Waals surface area contributed by atoms with E-state index < -0.39 is 6.10 Å². The topological polar surface area (TPSA) is 78.0 Å². The third-order valence-corrected chi connectivity index (χ3v) is 3.94. The maximum Gasteiger partial charge on any atom is 0.272 e. The number of aromatic amines is 1. The summed E-state index contributed by atoms with van der Waals surface area (Å²) < 4.78 is 0. The van der Waals surface area contributed by atoms with E-state index in [1.165, 1.54) is 0 Å². The molecular weight excluding hydrogens is 266 g/mol. The van der Waals surface area contributed by atoms with Crippen LogP contribution in [0.3, 0.4) is 0 Å². The number of hydrogen-bond acceptors (Lipinski definition) is 3. The summed E-state index contributed by atoms with van der Waals surface area (Å²) in [6.45, 7) is 4.07. The number of aliphatic hydroxyl groups is 1. The van der Waals surface area contributed by atoms with Crippen LogP contribution in [0.5, 0.6) is 0 Å². The van der Waals surface area contributed by atoms with Crippen LogP contribution in [-0.2, 0) is 6.42 Å². The average molecular weight is 285 g/mol. The number of aliphatic hydroxyl groups excluding tert-OH is 1. The molecule has 3 rings (SSSR count). The van der Waals surface area contributed by atoms with Gasteiger partial charge in [0, 0.05) is 12.1 Å². The van der Waals surface area contributed by atoms with E-state index in [9.17, 15) is 9.90 Å². The molecule has 3 N–H and O–H groups in total. The van der Waals surface area contributed by atoms with E-state index >= 15 is 0 Å². The summed E-state index contributed by atoms with van der Waals surface area (Å²) in [4.78, 5) is 12.3. The molecule has 0 saturated carbocycles. The Labute approximate surface area is 123 Å². The van der Waals surface area contributed by atoms with Gasteiger partial charge < -0.3 is 10.4 Å². The molecule has 110 valence electrons. The largest absolute Gasteiger partial charge is 0.390 e. The third kappa shape index (κ3) is 2.56. The normalized spacial score (nSPS) is 20.6. The van der Waals surface area contributed by atoms with Crippen LogP contribution in [0.2, 0.25) is 0 Å². The van der Waals surface area contributed by atoms with Crippen molar-refractivity contribution in [2.24, 2.45) is 0 Å². The molecule has 1 aromatic heterocycles. The Morgan fingerprint density at radius 1 is 1.43 bits per heavy atom. The quantitative estimate of drug-likeness (QED) is 0.806. The van der Waals surface area contributed by atoms with Crippen molar-refractivity contribution < 1.29 is 9.90 Å². The van der Waals surface area contributed by atoms with Crippen LogP contribution in [0.4, 0.5) is 0 Å². The number of carbonyl (C=O) groups excluding carboxylic acids is 1. The Bertz CT molecular complexity index is 663. The van der Waals surface area contributed by atoms with Gasteiger partial charge in [0.2, 0.25) is 0 Å². The van der Waals surface area contributed by atoms with Gasteiger partial charge in [0.25, 0.3) is 5.91 Å². The van der Waals surface area contributed by atoms with Crippen molar-refractivity contribution in [3.8, 4) is 0 Å². The van der Waals surface area contributed by atoms with Crippen LogP contribution in [-0.4, -0.2) is 27.3 Å². The standard InChI is InChI=1S/C16H19N3O2/c1-9(2)12-8-13(19-18-12)16(21)17-15-11-6-4-3-5-10(11)7-14(15)20/h3-6,8-9,14-15,20H,7H2,1-2H3,(H,17,21)(H,18,19)/t14-,15+/m1/s1. The van der Waals surface area contributed by atoms with Crippen molar-refractivity contribution in [3.05, 3.63) is 52.8 Å². The van der Waals surface area contributed by atoms with Gasteiger partial charge in [-0.15, -0.1) is 0 Å². The Kier molecular flexibility index (Phi) is 3.51. The minimum atomic E-state index is -0.588. The van der Waals surface area contributed by atoms with Gasteiger partial charge in [0.05, 0.1) is 12.1 Å². The number of H-pyrrole nitrogens is 1. The molecule has 0 unspecified atom stereocenters. The van der Waals surface area contributed by atoms with Crippen LogP contribution >= 0.6 is 0 Å². The predicted octanol–water partition coefficient (Wildman–Crippen LogP) is 1.92. The van der Waals surface area contributed by atoms with Crippen LogP contribution in [0.25, 0.3) is 0 Å². The molecule has 2 atom stereocenters. The highest BCUT2D eigenvalue weighted by molar-refractivity contribution is 5.92. The maximum atomic E-state index is 12.3. The maximum absolute atomic E-state index is 12.3. The molecule has 5 heteroatoms. The molecular formula is C16H19N3O2. The summed E-state index contributed by atoms with van der Waals surface area (Å²) in [6.07, 6.45) is -0.0197. The van der Waals surface area contributed by atoms with Crippen LogP contribution in [0.15, 0.2) is 30.3 Å².